The van der Waals surface area contributed by atoms with Gasteiger partial charge in [0.05, 0.1) is 6.17 Å². The van der Waals surface area contributed by atoms with Crippen molar-refractivity contribution in [2.45, 2.75) is 76.8 Å². The lowest BCUT2D eigenvalue weighted by atomic mass is 9.73. The first-order valence-electron chi connectivity index (χ1n) is 9.00. The molecule has 2 heterocycles. The molecule has 1 saturated carbocycles. The van der Waals surface area contributed by atoms with E-state index in [-0.39, 0.29) is 12.1 Å². The van der Waals surface area contributed by atoms with E-state index in [2.05, 4.69) is 24.1 Å². The number of hydrogen-bond donors (Lipinski definition) is 2. The van der Waals surface area contributed by atoms with E-state index in [9.17, 15) is 4.39 Å². The SMILES string of the molecule is CCN1C(N)CCC1C1CCNC1C1CCC(F)C(C)C1. The van der Waals surface area contributed by atoms with Gasteiger partial charge in [-0.3, -0.25) is 4.90 Å². The van der Waals surface area contributed by atoms with Gasteiger partial charge in [-0.05, 0) is 69.4 Å². The van der Waals surface area contributed by atoms with Crippen molar-refractivity contribution in [1.82, 2.24) is 10.2 Å². The fourth-order valence-corrected chi connectivity index (χ4v) is 5.27. The molecule has 3 aliphatic rings. The molecule has 0 bridgehead atoms. The average molecular weight is 297 g/mol. The quantitative estimate of drug-likeness (QED) is 0.841. The summed E-state index contributed by atoms with van der Waals surface area (Å²) in [4.78, 5) is 2.51. The second kappa shape index (κ2) is 6.51. The van der Waals surface area contributed by atoms with Crippen molar-refractivity contribution in [2.24, 2.45) is 23.5 Å². The highest BCUT2D eigenvalue weighted by atomic mass is 19.1. The molecule has 0 spiro atoms. The number of nitrogens with one attached hydrogen (secondary N) is 1. The van der Waals surface area contributed by atoms with Gasteiger partial charge in [-0.15, -0.1) is 0 Å². The number of likely N-dealkylation sites (tertiary alicyclic amines) is 1. The highest BCUT2D eigenvalue weighted by Gasteiger charge is 2.44. The number of alkyl halides is 1. The molecule has 0 radical (unpaired) electrons. The molecule has 21 heavy (non-hydrogen) atoms. The predicted molar refractivity (Wildman–Crippen MR) is 84.7 cm³/mol. The van der Waals surface area contributed by atoms with Crippen LogP contribution in [0.3, 0.4) is 0 Å². The van der Waals surface area contributed by atoms with Crippen molar-refractivity contribution < 1.29 is 4.39 Å². The lowest BCUT2D eigenvalue weighted by molar-refractivity contribution is 0.0867. The van der Waals surface area contributed by atoms with Crippen LogP contribution < -0.4 is 11.1 Å². The number of rotatable bonds is 3. The minimum Gasteiger partial charge on any atom is -0.316 e. The zero-order valence-corrected chi connectivity index (χ0v) is 13.6. The molecule has 1 aliphatic carbocycles. The molecule has 0 aromatic heterocycles. The standard InChI is InChI=1S/C17H32FN3/c1-3-21-15(6-7-16(21)19)13-8-9-20-17(13)12-4-5-14(18)11(2)10-12/h11-17,20H,3-10,19H2,1-2H3. The van der Waals surface area contributed by atoms with Crippen LogP contribution >= 0.6 is 0 Å². The van der Waals surface area contributed by atoms with Crippen LogP contribution in [0.25, 0.3) is 0 Å². The van der Waals surface area contributed by atoms with Gasteiger partial charge in [0, 0.05) is 12.1 Å². The number of hydrogen-bond acceptors (Lipinski definition) is 3. The Morgan fingerprint density at radius 3 is 2.71 bits per heavy atom. The summed E-state index contributed by atoms with van der Waals surface area (Å²) in [6.45, 7) is 6.50. The van der Waals surface area contributed by atoms with Crippen molar-refractivity contribution in [2.75, 3.05) is 13.1 Å². The molecule has 0 aromatic rings. The van der Waals surface area contributed by atoms with E-state index in [1.54, 1.807) is 0 Å². The second-order valence-electron chi connectivity index (χ2n) is 7.54. The summed E-state index contributed by atoms with van der Waals surface area (Å²) >= 11 is 0. The Labute approximate surface area is 128 Å². The topological polar surface area (TPSA) is 41.3 Å². The third-order valence-electron chi connectivity index (χ3n) is 6.40. The maximum Gasteiger partial charge on any atom is 0.103 e. The zero-order valence-electron chi connectivity index (χ0n) is 13.6. The van der Waals surface area contributed by atoms with Gasteiger partial charge in [-0.1, -0.05) is 13.8 Å². The predicted octanol–water partition coefficient (Wildman–Crippen LogP) is 2.51. The third kappa shape index (κ3) is 2.99. The van der Waals surface area contributed by atoms with Crippen molar-refractivity contribution in [3.05, 3.63) is 0 Å². The van der Waals surface area contributed by atoms with Crippen molar-refractivity contribution in [1.29, 1.82) is 0 Å². The molecule has 3 rings (SSSR count). The summed E-state index contributed by atoms with van der Waals surface area (Å²) in [5.74, 6) is 1.61. The van der Waals surface area contributed by atoms with Crippen molar-refractivity contribution in [3.63, 3.8) is 0 Å². The number of nitrogens with two attached hydrogens (primary N) is 1. The zero-order chi connectivity index (χ0) is 15.0. The Morgan fingerprint density at radius 1 is 1.19 bits per heavy atom. The maximum absolute atomic E-state index is 13.8. The van der Waals surface area contributed by atoms with Crippen molar-refractivity contribution in [3.8, 4) is 0 Å². The molecule has 3 fully saturated rings. The molecular weight excluding hydrogens is 265 g/mol. The average Bonchev–Trinajstić information content (AvgIpc) is 3.07. The van der Waals surface area contributed by atoms with Crippen LogP contribution in [0.2, 0.25) is 0 Å². The Kier molecular flexibility index (Phi) is 4.87. The first kappa shape index (κ1) is 15.7. The summed E-state index contributed by atoms with van der Waals surface area (Å²) in [5, 5.41) is 3.76. The first-order chi connectivity index (χ1) is 10.1. The lowest BCUT2D eigenvalue weighted by Gasteiger charge is -2.40. The number of halogens is 1. The first-order valence-corrected chi connectivity index (χ1v) is 9.00. The largest absolute Gasteiger partial charge is 0.316 e. The van der Waals surface area contributed by atoms with Crippen LogP contribution in [0.1, 0.15) is 52.4 Å². The molecule has 0 aromatic carbocycles. The number of nitrogens with zero attached hydrogens (tertiary/aromatic N) is 1. The Balaban J connectivity index is 1.68. The third-order valence-corrected chi connectivity index (χ3v) is 6.40. The van der Waals surface area contributed by atoms with Gasteiger partial charge < -0.3 is 11.1 Å². The molecule has 2 saturated heterocycles. The van der Waals surface area contributed by atoms with Crippen LogP contribution in [0, 0.1) is 17.8 Å². The van der Waals surface area contributed by atoms with E-state index < -0.39 is 6.17 Å². The molecular formula is C17H32FN3. The monoisotopic (exact) mass is 297 g/mol. The van der Waals surface area contributed by atoms with Gasteiger partial charge in [0.1, 0.15) is 6.17 Å². The summed E-state index contributed by atoms with van der Waals surface area (Å²) < 4.78 is 13.8. The second-order valence-corrected chi connectivity index (χ2v) is 7.54. The minimum absolute atomic E-state index is 0.236. The Bertz CT molecular complexity index is 351. The van der Waals surface area contributed by atoms with Gasteiger partial charge >= 0.3 is 0 Å². The Morgan fingerprint density at radius 2 is 2.00 bits per heavy atom. The van der Waals surface area contributed by atoms with Crippen LogP contribution in [-0.4, -0.2) is 42.4 Å². The molecule has 3 nitrogen and oxygen atoms in total. The summed E-state index contributed by atoms with van der Waals surface area (Å²) in [7, 11) is 0. The fraction of sp³-hybridized carbons (Fsp3) is 1.00. The van der Waals surface area contributed by atoms with E-state index in [1.165, 1.54) is 12.8 Å². The van der Waals surface area contributed by atoms with E-state index in [0.29, 0.717) is 23.9 Å². The molecule has 122 valence electrons. The van der Waals surface area contributed by atoms with Gasteiger partial charge in [-0.25, -0.2) is 4.39 Å². The molecule has 0 amide bonds. The van der Waals surface area contributed by atoms with Gasteiger partial charge in [0.2, 0.25) is 0 Å². The highest BCUT2D eigenvalue weighted by Crippen LogP contribution is 2.41. The van der Waals surface area contributed by atoms with Crippen LogP contribution in [-0.2, 0) is 0 Å². The van der Waals surface area contributed by atoms with Crippen LogP contribution in [0.15, 0.2) is 0 Å². The smallest absolute Gasteiger partial charge is 0.103 e. The maximum atomic E-state index is 13.8. The Hall–Kier alpha value is -0.190. The van der Waals surface area contributed by atoms with Gasteiger partial charge in [0.15, 0.2) is 0 Å². The lowest BCUT2D eigenvalue weighted by Crippen LogP contribution is -2.49. The van der Waals surface area contributed by atoms with E-state index in [0.717, 1.165) is 38.8 Å². The summed E-state index contributed by atoms with van der Waals surface area (Å²) in [6, 6.07) is 1.23. The molecule has 7 atom stereocenters. The normalized spacial score (nSPS) is 48.9. The molecule has 7 unspecified atom stereocenters. The molecule has 4 heteroatoms. The highest BCUT2D eigenvalue weighted by molar-refractivity contribution is 5.00. The molecule has 2 aliphatic heterocycles. The minimum atomic E-state index is -0.576. The van der Waals surface area contributed by atoms with E-state index in [1.807, 2.05) is 0 Å². The van der Waals surface area contributed by atoms with Gasteiger partial charge in [-0.2, -0.15) is 0 Å². The van der Waals surface area contributed by atoms with E-state index in [4.69, 9.17) is 5.73 Å². The fourth-order valence-electron chi connectivity index (χ4n) is 5.27. The van der Waals surface area contributed by atoms with Crippen LogP contribution in [0.5, 0.6) is 0 Å². The van der Waals surface area contributed by atoms with Crippen LogP contribution in [0.4, 0.5) is 4.39 Å². The van der Waals surface area contributed by atoms with E-state index >= 15 is 0 Å². The summed E-state index contributed by atoms with van der Waals surface area (Å²) in [6.07, 6.45) is 6.20. The van der Waals surface area contributed by atoms with Crippen molar-refractivity contribution >= 4 is 0 Å². The summed E-state index contributed by atoms with van der Waals surface area (Å²) in [5.41, 5.74) is 6.27. The molecule has 3 N–H and O–H groups in total. The van der Waals surface area contributed by atoms with Gasteiger partial charge in [0.25, 0.3) is 0 Å².